The standard InChI is InChI=1S/C14H17FN2O4/c15-11-8-12(16-9-5-3-1-2-4-6-9)13(17(20)21)7-10(11)14(18)19/h7-9,16H,1-6H2,(H,18,19). The van der Waals surface area contributed by atoms with Crippen LogP contribution in [0, 0.1) is 15.9 Å². The predicted octanol–water partition coefficient (Wildman–Crippen LogP) is 3.57. The first-order chi connectivity index (χ1) is 9.99. The van der Waals surface area contributed by atoms with Gasteiger partial charge in [-0.2, -0.15) is 0 Å². The lowest BCUT2D eigenvalue weighted by atomic mass is 10.1. The summed E-state index contributed by atoms with van der Waals surface area (Å²) in [7, 11) is 0. The molecule has 21 heavy (non-hydrogen) atoms. The van der Waals surface area contributed by atoms with Crippen LogP contribution >= 0.6 is 0 Å². The first kappa shape index (κ1) is 15.2. The number of benzene rings is 1. The van der Waals surface area contributed by atoms with Gasteiger partial charge in [0.15, 0.2) is 0 Å². The molecular formula is C14H17FN2O4. The van der Waals surface area contributed by atoms with Crippen LogP contribution in [0.4, 0.5) is 15.8 Å². The first-order valence-corrected chi connectivity index (χ1v) is 6.97. The van der Waals surface area contributed by atoms with E-state index in [1.165, 1.54) is 0 Å². The van der Waals surface area contributed by atoms with Crippen molar-refractivity contribution in [1.29, 1.82) is 0 Å². The van der Waals surface area contributed by atoms with Crippen LogP contribution < -0.4 is 5.32 Å². The molecule has 0 atom stereocenters. The molecule has 1 aromatic rings. The van der Waals surface area contributed by atoms with E-state index < -0.39 is 28.0 Å². The topological polar surface area (TPSA) is 92.5 Å². The molecule has 6 nitrogen and oxygen atoms in total. The molecule has 7 heteroatoms. The van der Waals surface area contributed by atoms with Gasteiger partial charge in [0.1, 0.15) is 17.1 Å². The molecule has 1 aromatic carbocycles. The largest absolute Gasteiger partial charge is 0.478 e. The van der Waals surface area contributed by atoms with Gasteiger partial charge in [-0.25, -0.2) is 9.18 Å². The molecule has 1 fully saturated rings. The second-order valence-electron chi connectivity index (χ2n) is 5.24. The Balaban J connectivity index is 2.30. The van der Waals surface area contributed by atoms with Crippen LogP contribution in [-0.2, 0) is 0 Å². The van der Waals surface area contributed by atoms with Gasteiger partial charge < -0.3 is 10.4 Å². The Labute approximate surface area is 121 Å². The predicted molar refractivity (Wildman–Crippen MR) is 75.1 cm³/mol. The van der Waals surface area contributed by atoms with Crippen LogP contribution in [0.2, 0.25) is 0 Å². The van der Waals surface area contributed by atoms with E-state index in [1.54, 1.807) is 0 Å². The van der Waals surface area contributed by atoms with Crippen LogP contribution in [0.25, 0.3) is 0 Å². The SMILES string of the molecule is O=C(O)c1cc([N+](=O)[O-])c(NC2CCCCCC2)cc1F. The van der Waals surface area contributed by atoms with Crippen LogP contribution in [0.3, 0.4) is 0 Å². The molecule has 0 bridgehead atoms. The van der Waals surface area contributed by atoms with Gasteiger partial charge in [0.05, 0.1) is 4.92 Å². The number of hydrogen-bond acceptors (Lipinski definition) is 4. The number of rotatable bonds is 4. The Morgan fingerprint density at radius 2 is 1.90 bits per heavy atom. The van der Waals surface area contributed by atoms with E-state index in [9.17, 15) is 19.3 Å². The van der Waals surface area contributed by atoms with Crippen LogP contribution in [0.1, 0.15) is 48.9 Å². The van der Waals surface area contributed by atoms with E-state index in [0.29, 0.717) is 0 Å². The molecule has 0 radical (unpaired) electrons. The lowest BCUT2D eigenvalue weighted by Gasteiger charge is -2.18. The van der Waals surface area contributed by atoms with Crippen LogP contribution in [-0.4, -0.2) is 22.0 Å². The fourth-order valence-electron chi connectivity index (χ4n) is 2.64. The molecule has 0 spiro atoms. The van der Waals surface area contributed by atoms with Gasteiger partial charge in [-0.15, -0.1) is 0 Å². The summed E-state index contributed by atoms with van der Waals surface area (Å²) in [6.07, 6.45) is 6.07. The van der Waals surface area contributed by atoms with Crippen molar-refractivity contribution in [3.8, 4) is 0 Å². The highest BCUT2D eigenvalue weighted by atomic mass is 19.1. The molecule has 0 saturated heterocycles. The number of nitro benzene ring substituents is 1. The maximum atomic E-state index is 13.7. The average Bonchev–Trinajstić information content (AvgIpc) is 2.66. The molecule has 2 N–H and O–H groups in total. The summed E-state index contributed by atoms with van der Waals surface area (Å²) in [6, 6.07) is 1.74. The molecular weight excluding hydrogens is 279 g/mol. The molecule has 0 aromatic heterocycles. The van der Waals surface area contributed by atoms with Crippen molar-refractivity contribution in [1.82, 2.24) is 0 Å². The number of nitro groups is 1. The van der Waals surface area contributed by atoms with Crippen molar-refractivity contribution in [3.63, 3.8) is 0 Å². The molecule has 0 amide bonds. The van der Waals surface area contributed by atoms with Gasteiger partial charge in [-0.1, -0.05) is 25.7 Å². The van der Waals surface area contributed by atoms with Gasteiger partial charge in [0, 0.05) is 18.2 Å². The van der Waals surface area contributed by atoms with Gasteiger partial charge in [-0.05, 0) is 12.8 Å². The van der Waals surface area contributed by atoms with Gasteiger partial charge >= 0.3 is 5.97 Å². The maximum absolute atomic E-state index is 13.7. The van der Waals surface area contributed by atoms with E-state index in [1.807, 2.05) is 0 Å². The second-order valence-corrected chi connectivity index (χ2v) is 5.24. The summed E-state index contributed by atoms with van der Waals surface area (Å²) in [5.74, 6) is -2.49. The third-order valence-corrected chi connectivity index (χ3v) is 3.73. The Morgan fingerprint density at radius 1 is 1.29 bits per heavy atom. The maximum Gasteiger partial charge on any atom is 0.338 e. The number of hydrogen-bond donors (Lipinski definition) is 2. The van der Waals surface area contributed by atoms with E-state index in [-0.39, 0.29) is 11.7 Å². The Bertz CT molecular complexity index is 554. The summed E-state index contributed by atoms with van der Waals surface area (Å²) >= 11 is 0. The van der Waals surface area contributed by atoms with E-state index in [0.717, 1.165) is 50.7 Å². The Morgan fingerprint density at radius 3 is 2.43 bits per heavy atom. The van der Waals surface area contributed by atoms with Crippen molar-refractivity contribution in [2.45, 2.75) is 44.6 Å². The second kappa shape index (κ2) is 6.51. The Kier molecular flexibility index (Phi) is 4.72. The average molecular weight is 296 g/mol. The zero-order chi connectivity index (χ0) is 15.4. The lowest BCUT2D eigenvalue weighted by Crippen LogP contribution is -2.19. The monoisotopic (exact) mass is 296 g/mol. The van der Waals surface area contributed by atoms with Crippen molar-refractivity contribution < 1.29 is 19.2 Å². The number of carboxylic acids is 1. The molecule has 0 unspecified atom stereocenters. The van der Waals surface area contributed by atoms with Gasteiger partial charge in [0.2, 0.25) is 0 Å². The van der Waals surface area contributed by atoms with Crippen molar-refractivity contribution >= 4 is 17.3 Å². The summed E-state index contributed by atoms with van der Waals surface area (Å²) in [5, 5.41) is 22.9. The zero-order valence-corrected chi connectivity index (χ0v) is 11.5. The molecule has 114 valence electrons. The summed E-state index contributed by atoms with van der Waals surface area (Å²) in [4.78, 5) is 21.2. The number of carbonyl (C=O) groups is 1. The fourth-order valence-corrected chi connectivity index (χ4v) is 2.64. The van der Waals surface area contributed by atoms with E-state index >= 15 is 0 Å². The minimum absolute atomic E-state index is 0.0504. The van der Waals surface area contributed by atoms with Crippen molar-refractivity contribution in [2.24, 2.45) is 0 Å². The third kappa shape index (κ3) is 3.68. The summed E-state index contributed by atoms with van der Waals surface area (Å²) in [6.45, 7) is 0. The number of carboxylic acid groups (broad SMARTS) is 1. The lowest BCUT2D eigenvalue weighted by molar-refractivity contribution is -0.384. The van der Waals surface area contributed by atoms with Crippen molar-refractivity contribution in [2.75, 3.05) is 5.32 Å². The summed E-state index contributed by atoms with van der Waals surface area (Å²) < 4.78 is 13.7. The number of halogens is 1. The van der Waals surface area contributed by atoms with Crippen LogP contribution in [0.5, 0.6) is 0 Å². The third-order valence-electron chi connectivity index (χ3n) is 3.73. The van der Waals surface area contributed by atoms with E-state index in [4.69, 9.17) is 5.11 Å². The fraction of sp³-hybridized carbons (Fsp3) is 0.500. The highest BCUT2D eigenvalue weighted by Crippen LogP contribution is 2.30. The number of nitrogens with zero attached hydrogens (tertiary/aromatic N) is 1. The molecule has 0 heterocycles. The number of anilines is 1. The van der Waals surface area contributed by atoms with Gasteiger partial charge in [0.25, 0.3) is 5.69 Å². The highest BCUT2D eigenvalue weighted by Gasteiger charge is 2.23. The molecule has 0 aliphatic heterocycles. The summed E-state index contributed by atoms with van der Waals surface area (Å²) in [5.41, 5.74) is -1.04. The zero-order valence-electron chi connectivity index (χ0n) is 11.5. The van der Waals surface area contributed by atoms with Crippen LogP contribution in [0.15, 0.2) is 12.1 Å². The normalized spacial score (nSPS) is 16.2. The molecule has 2 rings (SSSR count). The number of nitrogens with one attached hydrogen (secondary N) is 1. The smallest absolute Gasteiger partial charge is 0.338 e. The minimum Gasteiger partial charge on any atom is -0.478 e. The van der Waals surface area contributed by atoms with Gasteiger partial charge in [-0.3, -0.25) is 10.1 Å². The van der Waals surface area contributed by atoms with Crippen molar-refractivity contribution in [3.05, 3.63) is 33.6 Å². The first-order valence-electron chi connectivity index (χ1n) is 6.97. The quantitative estimate of drug-likeness (QED) is 0.503. The number of aromatic carboxylic acids is 1. The molecule has 1 aliphatic carbocycles. The Hall–Kier alpha value is -2.18. The highest BCUT2D eigenvalue weighted by molar-refractivity contribution is 5.90. The van der Waals surface area contributed by atoms with E-state index in [2.05, 4.69) is 5.32 Å². The molecule has 1 saturated carbocycles. The molecule has 1 aliphatic rings. The minimum atomic E-state index is -1.52.